The Labute approximate surface area is 302 Å². The lowest BCUT2D eigenvalue weighted by Crippen LogP contribution is -2.45. The van der Waals surface area contributed by atoms with Gasteiger partial charge in [0.15, 0.2) is 6.20 Å². The van der Waals surface area contributed by atoms with Gasteiger partial charge >= 0.3 is 0 Å². The Hall–Kier alpha value is -4.78. The molecule has 0 spiro atoms. The first-order valence-electron chi connectivity index (χ1n) is 18.6. The highest BCUT2D eigenvalue weighted by molar-refractivity contribution is 7.74. The fraction of sp³-hybridized carbons (Fsp3) is 0.229. The molecule has 1 aromatic heterocycles. The maximum Gasteiger partial charge on any atom is 0.221 e. The monoisotopic (exact) mass is 679 g/mol. The molecule has 0 radical (unpaired) electrons. The Balaban J connectivity index is 1.42. The molecule has 0 amide bonds. The zero-order chi connectivity index (χ0) is 35.0. The van der Waals surface area contributed by atoms with Crippen molar-refractivity contribution in [3.8, 4) is 11.3 Å². The first-order chi connectivity index (χ1) is 24.7. The summed E-state index contributed by atoms with van der Waals surface area (Å²) in [6.45, 7) is 20.1. The largest absolute Gasteiger partial charge is 0.309 e. The summed E-state index contributed by atoms with van der Waals surface area (Å²) >= 11 is 0. The lowest BCUT2D eigenvalue weighted by molar-refractivity contribution is -0.681. The van der Waals surface area contributed by atoms with E-state index in [4.69, 9.17) is 6.58 Å². The molecule has 5 aromatic carbocycles. The average molecular weight is 680 g/mol. The molecule has 51 heavy (non-hydrogen) atoms. The van der Waals surface area contributed by atoms with Crippen LogP contribution in [-0.2, 0) is 17.4 Å². The van der Waals surface area contributed by atoms with Gasteiger partial charge in [0.25, 0.3) is 0 Å². The molecule has 1 atom stereocenters. The van der Waals surface area contributed by atoms with Crippen molar-refractivity contribution >= 4 is 58.0 Å². The van der Waals surface area contributed by atoms with Crippen molar-refractivity contribution in [2.45, 2.75) is 65.3 Å². The molecule has 4 aliphatic rings. The lowest BCUT2D eigenvalue weighted by Gasteiger charge is -2.44. The topological polar surface area (TPSA) is 7.12 Å². The predicted octanol–water partition coefficient (Wildman–Crippen LogP) is 9.27. The van der Waals surface area contributed by atoms with E-state index in [1.54, 1.807) is 0 Å². The summed E-state index contributed by atoms with van der Waals surface area (Å²) in [6.07, 6.45) is 6.70. The van der Waals surface area contributed by atoms with Gasteiger partial charge in [-0.3, -0.25) is 0 Å². The molecule has 0 fully saturated rings. The Morgan fingerprint density at radius 1 is 0.745 bits per heavy atom. The fourth-order valence-electron chi connectivity index (χ4n) is 10.1. The highest BCUT2D eigenvalue weighted by atomic mass is 31.1. The Kier molecular flexibility index (Phi) is 6.46. The van der Waals surface area contributed by atoms with Crippen LogP contribution in [0.25, 0.3) is 33.7 Å². The van der Waals surface area contributed by atoms with Crippen LogP contribution < -0.4 is 30.5 Å². The molecule has 0 saturated carbocycles. The molecular formula is C48H44N2P+. The normalized spacial score (nSPS) is 18.9. The van der Waals surface area contributed by atoms with Gasteiger partial charge in [-0.1, -0.05) is 107 Å². The van der Waals surface area contributed by atoms with E-state index in [9.17, 15) is 0 Å². The number of rotatable bonds is 2. The van der Waals surface area contributed by atoms with Gasteiger partial charge in [-0.2, -0.15) is 4.57 Å². The second kappa shape index (κ2) is 10.6. The summed E-state index contributed by atoms with van der Waals surface area (Å²) in [4.78, 5) is 2.60. The van der Waals surface area contributed by atoms with Crippen LogP contribution in [0.1, 0.15) is 75.8 Å². The highest BCUT2D eigenvalue weighted by Crippen LogP contribution is 2.59. The minimum Gasteiger partial charge on any atom is -0.309 e. The number of anilines is 3. The fourth-order valence-corrected chi connectivity index (χ4v) is 13.2. The van der Waals surface area contributed by atoms with Crippen LogP contribution in [0.4, 0.5) is 17.1 Å². The van der Waals surface area contributed by atoms with Gasteiger partial charge in [0.2, 0.25) is 5.69 Å². The molecule has 2 aliphatic carbocycles. The Bertz CT molecular complexity index is 2660. The summed E-state index contributed by atoms with van der Waals surface area (Å²) in [5.41, 5.74) is 16.3. The van der Waals surface area contributed by atoms with Crippen molar-refractivity contribution in [3.63, 3.8) is 0 Å². The molecule has 0 saturated heterocycles. The van der Waals surface area contributed by atoms with Gasteiger partial charge in [-0.25, -0.2) is 0 Å². The zero-order valence-electron chi connectivity index (χ0n) is 30.6. The number of nitrogens with zero attached hydrogens (tertiary/aromatic N) is 2. The van der Waals surface area contributed by atoms with Crippen LogP contribution in [0, 0.1) is 0 Å². The number of pyridine rings is 1. The van der Waals surface area contributed by atoms with E-state index in [1.807, 2.05) is 0 Å². The minimum absolute atomic E-state index is 0.146. The van der Waals surface area contributed by atoms with Crippen molar-refractivity contribution in [1.82, 2.24) is 0 Å². The third-order valence-electron chi connectivity index (χ3n) is 12.6. The summed E-state index contributed by atoms with van der Waals surface area (Å²) in [5, 5.41) is 8.53. The first-order valence-corrected chi connectivity index (χ1v) is 20.1. The van der Waals surface area contributed by atoms with E-state index in [2.05, 4.69) is 160 Å². The molecule has 1 unspecified atom stereocenters. The van der Waals surface area contributed by atoms with Crippen molar-refractivity contribution in [2.24, 2.45) is 0 Å². The lowest BCUT2D eigenvalue weighted by atomic mass is 9.68. The van der Waals surface area contributed by atoms with Crippen LogP contribution in [0.5, 0.6) is 0 Å². The van der Waals surface area contributed by atoms with Crippen LogP contribution in [0.3, 0.4) is 0 Å². The number of fused-ring (bicyclic) bond motifs is 6. The van der Waals surface area contributed by atoms with E-state index < -0.39 is 7.92 Å². The molecule has 10 rings (SSSR count). The summed E-state index contributed by atoms with van der Waals surface area (Å²) < 4.78 is 2.52. The third-order valence-corrected chi connectivity index (χ3v) is 15.2. The van der Waals surface area contributed by atoms with Crippen molar-refractivity contribution < 1.29 is 4.57 Å². The molecule has 2 aliphatic heterocycles. The van der Waals surface area contributed by atoms with E-state index in [0.717, 1.165) is 19.1 Å². The zero-order valence-corrected chi connectivity index (χ0v) is 31.5. The number of aryl methyl sites for hydroxylation is 1. The van der Waals surface area contributed by atoms with E-state index >= 15 is 0 Å². The maximum absolute atomic E-state index is 4.92. The highest BCUT2D eigenvalue weighted by Gasteiger charge is 2.47. The molecule has 6 aromatic rings. The van der Waals surface area contributed by atoms with Crippen molar-refractivity contribution in [1.29, 1.82) is 0 Å². The second-order valence-corrected chi connectivity index (χ2v) is 18.0. The number of allylic oxidation sites excluding steroid dienone is 1. The first kappa shape index (κ1) is 31.0. The van der Waals surface area contributed by atoms with Crippen LogP contribution in [-0.4, -0.2) is 6.16 Å². The van der Waals surface area contributed by atoms with Gasteiger partial charge in [0.1, 0.15) is 6.54 Å². The molecule has 250 valence electrons. The van der Waals surface area contributed by atoms with Gasteiger partial charge in [-0.15, -0.1) is 0 Å². The summed E-state index contributed by atoms with van der Waals surface area (Å²) in [7, 11) is -0.757. The number of benzene rings is 5. The van der Waals surface area contributed by atoms with Crippen molar-refractivity contribution in [3.05, 3.63) is 154 Å². The van der Waals surface area contributed by atoms with Crippen LogP contribution in [0.15, 0.2) is 115 Å². The Morgan fingerprint density at radius 2 is 1.41 bits per heavy atom. The third kappa shape index (κ3) is 3.90. The van der Waals surface area contributed by atoms with Gasteiger partial charge in [-0.05, 0) is 113 Å². The van der Waals surface area contributed by atoms with Crippen LogP contribution >= 0.6 is 7.92 Å². The molecule has 0 N–H and O–H groups in total. The number of aromatic nitrogens is 1. The summed E-state index contributed by atoms with van der Waals surface area (Å²) in [6, 6.07) is 37.1. The predicted molar refractivity (Wildman–Crippen MR) is 217 cm³/mol. The number of para-hydroxylation sites is 1. The van der Waals surface area contributed by atoms with E-state index in [1.165, 1.54) is 99.1 Å². The molecule has 2 nitrogen and oxygen atoms in total. The molecule has 3 heteroatoms. The SMILES string of the molecule is C=C1CCP2c3c(ccc4c3C1=c1c(cccc1=CC)C4(C)C)N(c1ccccc1)c1ccc3c(c12)-c1c2c(cccc2cc[n+]1CC)C3(C)C. The quantitative estimate of drug-likeness (QED) is 0.131. The molecule has 3 heterocycles. The number of hydrogen-bond donors (Lipinski definition) is 0. The minimum atomic E-state index is -0.757. The average Bonchev–Trinajstić information content (AvgIpc) is 3.29. The smallest absolute Gasteiger partial charge is 0.221 e. The van der Waals surface area contributed by atoms with Gasteiger partial charge < -0.3 is 4.90 Å². The molecular weight excluding hydrogens is 636 g/mol. The van der Waals surface area contributed by atoms with Gasteiger partial charge in [0, 0.05) is 33.2 Å². The van der Waals surface area contributed by atoms with Crippen molar-refractivity contribution in [2.75, 3.05) is 11.1 Å². The standard InChI is InChI=1S/C48H44N2P/c1-8-30-15-13-19-33-40(30)39-29(3)26-28-51-45-37(23-21-35(42(39)45)47(33,4)5)50(32-17-11-10-12-18-32)38-24-22-36-43(46(38)51)44-41-31(25-27-49(44)9-2)16-14-20-34(41)48(36,6)7/h8,10-25,27H,3,9,26,28H2,1-2,4-7H3/q+1. The number of hydrogen-bond acceptors (Lipinski definition) is 1. The van der Waals surface area contributed by atoms with E-state index in [-0.39, 0.29) is 10.8 Å². The van der Waals surface area contributed by atoms with E-state index in [0.29, 0.717) is 0 Å². The maximum atomic E-state index is 4.92. The van der Waals surface area contributed by atoms with Crippen LogP contribution in [0.2, 0.25) is 0 Å². The Morgan fingerprint density at radius 3 is 2.14 bits per heavy atom. The second-order valence-electron chi connectivity index (χ2n) is 15.8. The molecule has 0 bridgehead atoms. The summed E-state index contributed by atoms with van der Waals surface area (Å²) in [5.74, 6) is 0. The van der Waals surface area contributed by atoms with Gasteiger partial charge in [0.05, 0.1) is 22.3 Å².